The Morgan fingerprint density at radius 2 is 1.72 bits per heavy atom. The third-order valence-electron chi connectivity index (χ3n) is 3.54. The van der Waals surface area contributed by atoms with Crippen molar-refractivity contribution in [1.82, 2.24) is 19.9 Å². The lowest BCUT2D eigenvalue weighted by atomic mass is 10.2. The molecule has 0 aliphatic heterocycles. The summed E-state index contributed by atoms with van der Waals surface area (Å²) in [5.74, 6) is 0.306. The maximum Gasteiger partial charge on any atom is 0.184 e. The van der Waals surface area contributed by atoms with Crippen molar-refractivity contribution in [2.75, 3.05) is 5.32 Å². The van der Waals surface area contributed by atoms with E-state index in [1.807, 2.05) is 30.3 Å². The van der Waals surface area contributed by atoms with Crippen LogP contribution in [0.2, 0.25) is 0 Å². The molecule has 7 heteroatoms. The normalized spacial score (nSPS) is 10.8. The first kappa shape index (κ1) is 15.6. The van der Waals surface area contributed by atoms with Gasteiger partial charge in [0.1, 0.15) is 5.82 Å². The second-order valence-electron chi connectivity index (χ2n) is 5.24. The average Bonchev–Trinajstić information content (AvgIpc) is 2.64. The molecule has 2 heterocycles. The second kappa shape index (κ2) is 6.52. The molecule has 122 valence electrons. The van der Waals surface area contributed by atoms with E-state index >= 15 is 0 Å². The number of halogens is 2. The number of hydrogen-bond acceptors (Lipinski definition) is 5. The van der Waals surface area contributed by atoms with Crippen molar-refractivity contribution in [3.8, 4) is 11.4 Å². The number of hydrogen-bond donors (Lipinski definition) is 1. The van der Waals surface area contributed by atoms with Crippen LogP contribution in [0, 0.1) is 5.82 Å². The van der Waals surface area contributed by atoms with Gasteiger partial charge in [-0.3, -0.25) is 0 Å². The number of anilines is 2. The molecule has 4 aromatic rings. The topological polar surface area (TPSA) is 63.6 Å². The Bertz CT molecular complexity index is 1060. The van der Waals surface area contributed by atoms with Crippen molar-refractivity contribution in [2.45, 2.75) is 0 Å². The molecule has 0 fully saturated rings. The first-order valence-corrected chi connectivity index (χ1v) is 8.26. The fraction of sp³-hybridized carbons (Fsp3) is 0. The quantitative estimate of drug-likeness (QED) is 0.543. The van der Waals surface area contributed by atoms with E-state index in [4.69, 9.17) is 0 Å². The molecule has 0 atom stereocenters. The lowest BCUT2D eigenvalue weighted by Crippen LogP contribution is -2.02. The highest BCUT2D eigenvalue weighted by molar-refractivity contribution is 9.10. The van der Waals surface area contributed by atoms with Crippen LogP contribution in [0.4, 0.5) is 15.9 Å². The molecule has 0 spiro atoms. The fourth-order valence-corrected chi connectivity index (χ4v) is 2.76. The Morgan fingerprint density at radius 3 is 2.56 bits per heavy atom. The summed E-state index contributed by atoms with van der Waals surface area (Å²) in [5, 5.41) is 3.20. The number of nitrogens with zero attached hydrogens (tertiary/aromatic N) is 4. The third kappa shape index (κ3) is 3.18. The van der Waals surface area contributed by atoms with E-state index in [2.05, 4.69) is 41.2 Å². The molecule has 0 saturated heterocycles. The molecule has 25 heavy (non-hydrogen) atoms. The molecule has 5 nitrogen and oxygen atoms in total. The monoisotopic (exact) mass is 395 g/mol. The minimum atomic E-state index is -0.405. The zero-order valence-electron chi connectivity index (χ0n) is 12.8. The van der Waals surface area contributed by atoms with Crippen molar-refractivity contribution < 1.29 is 4.39 Å². The largest absolute Gasteiger partial charge is 0.338 e. The van der Waals surface area contributed by atoms with Crippen LogP contribution in [-0.4, -0.2) is 19.9 Å². The smallest absolute Gasteiger partial charge is 0.184 e. The standard InChI is InChI=1S/C18H11BrFN5/c19-11-6-7-14(20)13(10-11)16-24-17-15(21-8-9-22-17)18(25-16)23-12-4-2-1-3-5-12/h1-10H,(H,22,23,24,25). The molecule has 0 unspecified atom stereocenters. The van der Waals surface area contributed by atoms with E-state index < -0.39 is 5.82 Å². The zero-order chi connectivity index (χ0) is 17.2. The van der Waals surface area contributed by atoms with Crippen molar-refractivity contribution in [3.63, 3.8) is 0 Å². The van der Waals surface area contributed by atoms with Gasteiger partial charge in [0, 0.05) is 22.6 Å². The van der Waals surface area contributed by atoms with E-state index in [9.17, 15) is 4.39 Å². The van der Waals surface area contributed by atoms with Gasteiger partial charge in [0.05, 0.1) is 5.56 Å². The minimum Gasteiger partial charge on any atom is -0.338 e. The Kier molecular flexibility index (Phi) is 4.07. The molecular formula is C18H11BrFN5. The van der Waals surface area contributed by atoms with Crippen LogP contribution in [0.15, 0.2) is 65.4 Å². The number of nitrogens with one attached hydrogen (secondary N) is 1. The summed E-state index contributed by atoms with van der Waals surface area (Å²) in [7, 11) is 0. The van der Waals surface area contributed by atoms with Crippen molar-refractivity contribution in [1.29, 1.82) is 0 Å². The molecule has 4 rings (SSSR count). The maximum atomic E-state index is 14.3. The highest BCUT2D eigenvalue weighted by atomic mass is 79.9. The Morgan fingerprint density at radius 1 is 0.920 bits per heavy atom. The molecule has 0 saturated carbocycles. The molecule has 0 bridgehead atoms. The molecule has 0 aliphatic carbocycles. The van der Waals surface area contributed by atoms with E-state index in [0.29, 0.717) is 17.0 Å². The molecule has 0 radical (unpaired) electrons. The first-order chi connectivity index (χ1) is 12.2. The number of benzene rings is 2. The Hall–Kier alpha value is -2.93. The Balaban J connectivity index is 1.91. The summed E-state index contributed by atoms with van der Waals surface area (Å²) < 4.78 is 15.0. The number of aromatic nitrogens is 4. The van der Waals surface area contributed by atoms with Gasteiger partial charge in [-0.1, -0.05) is 34.1 Å². The zero-order valence-corrected chi connectivity index (χ0v) is 14.4. The average molecular weight is 396 g/mol. The van der Waals surface area contributed by atoms with Crippen LogP contribution in [0.3, 0.4) is 0 Å². The van der Waals surface area contributed by atoms with Crippen LogP contribution in [0.1, 0.15) is 0 Å². The van der Waals surface area contributed by atoms with E-state index in [0.717, 1.165) is 10.2 Å². The highest BCUT2D eigenvalue weighted by Crippen LogP contribution is 2.28. The van der Waals surface area contributed by atoms with Gasteiger partial charge in [-0.25, -0.2) is 24.3 Å². The van der Waals surface area contributed by atoms with Crippen LogP contribution < -0.4 is 5.32 Å². The minimum absolute atomic E-state index is 0.241. The van der Waals surface area contributed by atoms with E-state index in [1.54, 1.807) is 24.5 Å². The van der Waals surface area contributed by atoms with E-state index in [-0.39, 0.29) is 11.4 Å². The highest BCUT2D eigenvalue weighted by Gasteiger charge is 2.15. The number of fused-ring (bicyclic) bond motifs is 1. The van der Waals surface area contributed by atoms with Gasteiger partial charge in [-0.05, 0) is 30.3 Å². The lowest BCUT2D eigenvalue weighted by Gasteiger charge is -2.10. The Labute approximate surface area is 151 Å². The van der Waals surface area contributed by atoms with Crippen LogP contribution in [-0.2, 0) is 0 Å². The fourth-order valence-electron chi connectivity index (χ4n) is 2.40. The van der Waals surface area contributed by atoms with Crippen LogP contribution in [0.25, 0.3) is 22.6 Å². The summed E-state index contributed by atoms with van der Waals surface area (Å²) in [4.78, 5) is 17.4. The molecule has 2 aromatic carbocycles. The van der Waals surface area contributed by atoms with Crippen molar-refractivity contribution in [2.24, 2.45) is 0 Å². The van der Waals surface area contributed by atoms with Gasteiger partial charge in [0.2, 0.25) is 0 Å². The first-order valence-electron chi connectivity index (χ1n) is 7.47. The SMILES string of the molecule is Fc1ccc(Br)cc1-c1nc(Nc2ccccc2)c2nccnc2n1. The molecule has 0 amide bonds. The third-order valence-corrected chi connectivity index (χ3v) is 4.03. The lowest BCUT2D eigenvalue weighted by molar-refractivity contribution is 0.630. The van der Waals surface area contributed by atoms with Gasteiger partial charge in [-0.2, -0.15) is 0 Å². The van der Waals surface area contributed by atoms with Gasteiger partial charge in [0.25, 0.3) is 0 Å². The van der Waals surface area contributed by atoms with Gasteiger partial charge in [0.15, 0.2) is 22.8 Å². The summed E-state index contributed by atoms with van der Waals surface area (Å²) in [6.07, 6.45) is 3.11. The van der Waals surface area contributed by atoms with Gasteiger partial charge < -0.3 is 5.32 Å². The predicted octanol–water partition coefficient (Wildman–Crippen LogP) is 4.73. The summed E-state index contributed by atoms with van der Waals surface area (Å²) in [6, 6.07) is 14.2. The summed E-state index contributed by atoms with van der Waals surface area (Å²) in [6.45, 7) is 0. The number of para-hydroxylation sites is 1. The summed E-state index contributed by atoms with van der Waals surface area (Å²) >= 11 is 3.35. The molecule has 1 N–H and O–H groups in total. The van der Waals surface area contributed by atoms with Crippen LogP contribution in [0.5, 0.6) is 0 Å². The second-order valence-corrected chi connectivity index (χ2v) is 6.16. The number of rotatable bonds is 3. The van der Waals surface area contributed by atoms with Gasteiger partial charge >= 0.3 is 0 Å². The summed E-state index contributed by atoms with van der Waals surface area (Å²) in [5.41, 5.74) is 2.04. The van der Waals surface area contributed by atoms with Crippen LogP contribution >= 0.6 is 15.9 Å². The van der Waals surface area contributed by atoms with E-state index in [1.165, 1.54) is 6.07 Å². The maximum absolute atomic E-state index is 14.3. The molecular weight excluding hydrogens is 385 g/mol. The molecule has 0 aliphatic rings. The molecule has 2 aromatic heterocycles. The van der Waals surface area contributed by atoms with Crippen molar-refractivity contribution >= 4 is 38.6 Å². The predicted molar refractivity (Wildman–Crippen MR) is 97.9 cm³/mol. The van der Waals surface area contributed by atoms with Gasteiger partial charge in [-0.15, -0.1) is 0 Å². The van der Waals surface area contributed by atoms with Crippen molar-refractivity contribution in [3.05, 3.63) is 71.2 Å².